The van der Waals surface area contributed by atoms with Gasteiger partial charge in [-0.3, -0.25) is 4.90 Å². The first-order valence-electron chi connectivity index (χ1n) is 15.0. The standard InChI is InChI=1S/C36H34ClN3O4/c1-2-3-16-40-30(35(28-10-7-11-29(37)19-28)38-36(40)27-8-5-4-6-9-27)22-39(20-25-12-14-31-33(17-25)43-23-41-31)21-26-13-15-32-34(18-26)44-24-42-32/h4-15,17-19H,2-3,16,20-24H2,1H3. The summed E-state index contributed by atoms with van der Waals surface area (Å²) in [6, 6.07) is 30.8. The van der Waals surface area contributed by atoms with E-state index in [1.54, 1.807) is 0 Å². The summed E-state index contributed by atoms with van der Waals surface area (Å²) in [5.41, 5.74) is 6.48. The van der Waals surface area contributed by atoms with Crippen LogP contribution in [0.15, 0.2) is 91.0 Å². The first-order chi connectivity index (χ1) is 21.6. The molecule has 44 heavy (non-hydrogen) atoms. The molecule has 0 saturated carbocycles. The number of halogens is 1. The molecule has 4 aromatic carbocycles. The van der Waals surface area contributed by atoms with Crippen LogP contribution in [0.1, 0.15) is 36.6 Å². The predicted molar refractivity (Wildman–Crippen MR) is 171 cm³/mol. The molecule has 0 fully saturated rings. The van der Waals surface area contributed by atoms with Crippen LogP contribution in [0.3, 0.4) is 0 Å². The first-order valence-corrected chi connectivity index (χ1v) is 15.4. The van der Waals surface area contributed by atoms with Gasteiger partial charge in [-0.05, 0) is 53.9 Å². The summed E-state index contributed by atoms with van der Waals surface area (Å²) in [6.45, 7) is 5.64. The molecule has 5 aromatic rings. The fourth-order valence-electron chi connectivity index (χ4n) is 5.85. The Bertz CT molecular complexity index is 1710. The van der Waals surface area contributed by atoms with Crippen LogP contribution in [0.5, 0.6) is 23.0 Å². The van der Waals surface area contributed by atoms with Crippen molar-refractivity contribution in [3.8, 4) is 45.6 Å². The van der Waals surface area contributed by atoms with Gasteiger partial charge in [0.05, 0.1) is 11.4 Å². The molecular weight excluding hydrogens is 574 g/mol. The number of hydrogen-bond acceptors (Lipinski definition) is 6. The number of ether oxygens (including phenoxy) is 4. The van der Waals surface area contributed by atoms with Gasteiger partial charge in [-0.2, -0.15) is 0 Å². The highest BCUT2D eigenvalue weighted by atomic mass is 35.5. The third-order valence-corrected chi connectivity index (χ3v) is 8.23. The van der Waals surface area contributed by atoms with Crippen molar-refractivity contribution >= 4 is 11.6 Å². The van der Waals surface area contributed by atoms with E-state index in [-0.39, 0.29) is 13.6 Å². The minimum Gasteiger partial charge on any atom is -0.454 e. The molecule has 8 heteroatoms. The minimum absolute atomic E-state index is 0.252. The van der Waals surface area contributed by atoms with E-state index in [1.807, 2.05) is 36.4 Å². The molecule has 224 valence electrons. The average molecular weight is 608 g/mol. The van der Waals surface area contributed by atoms with Gasteiger partial charge in [0, 0.05) is 42.3 Å². The SMILES string of the molecule is CCCCn1c(-c2ccccc2)nc(-c2cccc(Cl)c2)c1CN(Cc1ccc2c(c1)OCO2)Cc1ccc2c(c1)OCO2. The number of aromatic nitrogens is 2. The summed E-state index contributed by atoms with van der Waals surface area (Å²) in [7, 11) is 0. The van der Waals surface area contributed by atoms with Crippen LogP contribution in [0.4, 0.5) is 0 Å². The van der Waals surface area contributed by atoms with Crippen LogP contribution >= 0.6 is 11.6 Å². The topological polar surface area (TPSA) is 58.0 Å². The van der Waals surface area contributed by atoms with Gasteiger partial charge in [0.2, 0.25) is 13.6 Å². The molecule has 0 unspecified atom stereocenters. The van der Waals surface area contributed by atoms with Crippen LogP contribution < -0.4 is 18.9 Å². The smallest absolute Gasteiger partial charge is 0.231 e. The number of unbranched alkanes of at least 4 members (excludes halogenated alkanes) is 1. The molecule has 0 saturated heterocycles. The lowest BCUT2D eigenvalue weighted by Crippen LogP contribution is -2.24. The molecule has 2 aliphatic rings. The second kappa shape index (κ2) is 12.6. The van der Waals surface area contributed by atoms with Crippen molar-refractivity contribution in [2.24, 2.45) is 0 Å². The normalized spacial score (nSPS) is 13.2. The number of benzene rings is 4. The Hall–Kier alpha value is -4.46. The van der Waals surface area contributed by atoms with Crippen LogP contribution in [-0.4, -0.2) is 28.0 Å². The number of rotatable bonds is 11. The Kier molecular flexibility index (Phi) is 8.14. The summed E-state index contributed by atoms with van der Waals surface area (Å²) in [6.07, 6.45) is 2.12. The lowest BCUT2D eigenvalue weighted by molar-refractivity contribution is 0.173. The highest BCUT2D eigenvalue weighted by Gasteiger charge is 2.24. The summed E-state index contributed by atoms with van der Waals surface area (Å²) in [5, 5.41) is 0.690. The maximum absolute atomic E-state index is 6.52. The number of nitrogens with zero attached hydrogens (tertiary/aromatic N) is 3. The summed E-state index contributed by atoms with van der Waals surface area (Å²) in [4.78, 5) is 7.75. The molecule has 1 aromatic heterocycles. The molecule has 7 rings (SSSR count). The second-order valence-corrected chi connectivity index (χ2v) is 11.6. The maximum atomic E-state index is 6.52. The van der Waals surface area contributed by atoms with Crippen molar-refractivity contribution in [3.05, 3.63) is 113 Å². The van der Waals surface area contributed by atoms with Crippen molar-refractivity contribution in [1.29, 1.82) is 0 Å². The number of fused-ring (bicyclic) bond motifs is 2. The Morgan fingerprint density at radius 3 is 1.98 bits per heavy atom. The molecule has 0 spiro atoms. The quantitative estimate of drug-likeness (QED) is 0.150. The third kappa shape index (κ3) is 5.98. The van der Waals surface area contributed by atoms with Gasteiger partial charge in [-0.15, -0.1) is 0 Å². The molecule has 2 aliphatic heterocycles. The zero-order valence-electron chi connectivity index (χ0n) is 24.7. The van der Waals surface area contributed by atoms with Crippen LogP contribution in [0, 0.1) is 0 Å². The van der Waals surface area contributed by atoms with Crippen LogP contribution in [0.25, 0.3) is 22.6 Å². The number of imidazole rings is 1. The Morgan fingerprint density at radius 1 is 0.705 bits per heavy atom. The van der Waals surface area contributed by atoms with Crippen molar-refractivity contribution < 1.29 is 18.9 Å². The summed E-state index contributed by atoms with van der Waals surface area (Å²) >= 11 is 6.52. The lowest BCUT2D eigenvalue weighted by Gasteiger charge is -2.25. The molecule has 0 bridgehead atoms. The zero-order valence-corrected chi connectivity index (χ0v) is 25.4. The van der Waals surface area contributed by atoms with Gasteiger partial charge < -0.3 is 23.5 Å². The van der Waals surface area contributed by atoms with Crippen molar-refractivity contribution in [1.82, 2.24) is 14.5 Å². The second-order valence-electron chi connectivity index (χ2n) is 11.1. The maximum Gasteiger partial charge on any atom is 0.231 e. The van der Waals surface area contributed by atoms with Gasteiger partial charge in [0.15, 0.2) is 23.0 Å². The summed E-state index contributed by atoms with van der Waals surface area (Å²) in [5.74, 6) is 4.10. The van der Waals surface area contributed by atoms with Crippen molar-refractivity contribution in [2.45, 2.75) is 45.9 Å². The largest absolute Gasteiger partial charge is 0.454 e. The van der Waals surface area contributed by atoms with Crippen LogP contribution in [-0.2, 0) is 26.2 Å². The highest BCUT2D eigenvalue weighted by Crippen LogP contribution is 2.36. The summed E-state index contributed by atoms with van der Waals surface area (Å²) < 4.78 is 25.0. The fraction of sp³-hybridized carbons (Fsp3) is 0.250. The molecule has 0 atom stereocenters. The molecule has 0 N–H and O–H groups in total. The molecule has 0 amide bonds. The van der Waals surface area contributed by atoms with Crippen molar-refractivity contribution in [3.63, 3.8) is 0 Å². The Balaban J connectivity index is 1.32. The van der Waals surface area contributed by atoms with E-state index in [4.69, 9.17) is 35.5 Å². The monoisotopic (exact) mass is 607 g/mol. The first kappa shape index (κ1) is 28.3. The van der Waals surface area contributed by atoms with Gasteiger partial charge in [0.25, 0.3) is 0 Å². The van der Waals surface area contributed by atoms with E-state index in [9.17, 15) is 0 Å². The molecular formula is C36H34ClN3O4. The van der Waals surface area contributed by atoms with Crippen molar-refractivity contribution in [2.75, 3.05) is 13.6 Å². The van der Waals surface area contributed by atoms with E-state index in [1.165, 1.54) is 0 Å². The van der Waals surface area contributed by atoms with E-state index < -0.39 is 0 Å². The molecule has 3 heterocycles. The van der Waals surface area contributed by atoms with E-state index in [0.29, 0.717) is 24.7 Å². The third-order valence-electron chi connectivity index (χ3n) is 8.00. The zero-order chi connectivity index (χ0) is 29.9. The van der Waals surface area contributed by atoms with Gasteiger partial charge in [-0.1, -0.05) is 79.5 Å². The Morgan fingerprint density at radius 2 is 1.34 bits per heavy atom. The lowest BCUT2D eigenvalue weighted by atomic mass is 10.1. The van der Waals surface area contributed by atoms with E-state index in [0.717, 1.165) is 81.9 Å². The highest BCUT2D eigenvalue weighted by molar-refractivity contribution is 6.30. The molecule has 0 aliphatic carbocycles. The average Bonchev–Trinajstić information content (AvgIpc) is 3.79. The van der Waals surface area contributed by atoms with Gasteiger partial charge in [-0.25, -0.2) is 4.98 Å². The fourth-order valence-corrected chi connectivity index (χ4v) is 6.04. The van der Waals surface area contributed by atoms with Gasteiger partial charge >= 0.3 is 0 Å². The van der Waals surface area contributed by atoms with Gasteiger partial charge in [0.1, 0.15) is 5.82 Å². The number of hydrogen-bond donors (Lipinski definition) is 0. The minimum atomic E-state index is 0.252. The van der Waals surface area contributed by atoms with E-state index in [2.05, 4.69) is 71.0 Å². The van der Waals surface area contributed by atoms with E-state index >= 15 is 0 Å². The Labute approximate surface area is 262 Å². The molecule has 7 nitrogen and oxygen atoms in total. The predicted octanol–water partition coefficient (Wildman–Crippen LogP) is 8.33. The molecule has 0 radical (unpaired) electrons. The van der Waals surface area contributed by atoms with Crippen LogP contribution in [0.2, 0.25) is 5.02 Å².